The van der Waals surface area contributed by atoms with E-state index in [-0.39, 0.29) is 0 Å². The van der Waals surface area contributed by atoms with Gasteiger partial charge in [-0.15, -0.1) is 0 Å². The summed E-state index contributed by atoms with van der Waals surface area (Å²) in [5, 5.41) is 0. The minimum Gasteiger partial charge on any atom is -0.490 e. The zero-order chi connectivity index (χ0) is 13.4. The maximum atomic E-state index is 5.59. The van der Waals surface area contributed by atoms with Crippen LogP contribution in [0.5, 0.6) is 5.75 Å². The van der Waals surface area contributed by atoms with Gasteiger partial charge in [-0.2, -0.15) is 12.6 Å². The third kappa shape index (κ3) is 6.39. The van der Waals surface area contributed by atoms with Crippen LogP contribution in [0, 0.1) is 0 Å². The Balaban J connectivity index is 2.40. The van der Waals surface area contributed by atoms with Crippen LogP contribution in [0.25, 0.3) is 0 Å². The van der Waals surface area contributed by atoms with E-state index in [0.29, 0.717) is 11.1 Å². The largest absolute Gasteiger partial charge is 0.490 e. The molecule has 0 radical (unpaired) electrons. The van der Waals surface area contributed by atoms with Crippen molar-refractivity contribution in [3.63, 3.8) is 0 Å². The van der Waals surface area contributed by atoms with Crippen molar-refractivity contribution in [2.75, 3.05) is 6.61 Å². The Bertz CT molecular complexity index is 420. The molecule has 0 aliphatic heterocycles. The molecule has 1 aromatic rings. The molecule has 0 aromatic heterocycles. The Morgan fingerprint density at radius 1 is 1.22 bits per heavy atom. The molecule has 1 nitrogen and oxygen atoms in total. The second kappa shape index (κ2) is 8.52. The molecule has 0 amide bonds. The predicted molar refractivity (Wildman–Crippen MR) is 82.8 cm³/mol. The summed E-state index contributed by atoms with van der Waals surface area (Å²) in [7, 11) is 0. The molecule has 0 heterocycles. The Kier molecular flexibility index (Phi) is 7.33. The van der Waals surface area contributed by atoms with E-state index in [1.54, 1.807) is 6.08 Å². The van der Waals surface area contributed by atoms with Crippen molar-refractivity contribution < 1.29 is 4.74 Å². The molecule has 0 fully saturated rings. The number of rotatable bonds is 6. The summed E-state index contributed by atoms with van der Waals surface area (Å²) in [6.07, 6.45) is 4.51. The van der Waals surface area contributed by atoms with Crippen LogP contribution < -0.4 is 4.74 Å². The van der Waals surface area contributed by atoms with Gasteiger partial charge in [0.1, 0.15) is 16.8 Å². The summed E-state index contributed by atoms with van der Waals surface area (Å²) in [5.74, 6) is 1.60. The molecule has 18 heavy (non-hydrogen) atoms. The fourth-order valence-electron chi connectivity index (χ4n) is 1.29. The predicted octanol–water partition coefficient (Wildman–Crippen LogP) is 5.15. The highest BCUT2D eigenvalue weighted by Crippen LogP contribution is 2.14. The van der Waals surface area contributed by atoms with E-state index in [9.17, 15) is 0 Å². The maximum Gasteiger partial charge on any atom is 0.119 e. The van der Waals surface area contributed by atoms with E-state index < -0.39 is 0 Å². The van der Waals surface area contributed by atoms with Gasteiger partial charge in [-0.25, -0.2) is 0 Å². The lowest BCUT2D eigenvalue weighted by Gasteiger charge is -2.04. The first kappa shape index (κ1) is 15.5. The highest BCUT2D eigenvalue weighted by molar-refractivity contribution is 7.79. The Morgan fingerprint density at radius 3 is 2.44 bits per heavy atom. The highest BCUT2D eigenvalue weighted by Gasteiger charge is 1.94. The summed E-state index contributed by atoms with van der Waals surface area (Å²) in [5.41, 5.74) is 2.35. The molecule has 0 saturated heterocycles. The quantitative estimate of drug-likeness (QED) is 0.565. The van der Waals surface area contributed by atoms with Crippen molar-refractivity contribution in [1.82, 2.24) is 0 Å². The maximum absolute atomic E-state index is 5.59. The first-order valence-corrected chi connectivity index (χ1v) is 7.00. The Morgan fingerprint density at radius 2 is 1.89 bits per heavy atom. The van der Waals surface area contributed by atoms with Crippen LogP contribution in [0.15, 0.2) is 46.5 Å². The van der Waals surface area contributed by atoms with Gasteiger partial charge in [0.25, 0.3) is 0 Å². The van der Waals surface area contributed by atoms with Gasteiger partial charge in [-0.3, -0.25) is 0 Å². The lowest BCUT2D eigenvalue weighted by atomic mass is 10.2. The van der Waals surface area contributed by atoms with E-state index in [1.165, 1.54) is 11.1 Å². The van der Waals surface area contributed by atoms with Crippen molar-refractivity contribution in [2.45, 2.75) is 19.1 Å². The van der Waals surface area contributed by atoms with Crippen molar-refractivity contribution >= 4 is 35.8 Å². The summed E-state index contributed by atoms with van der Waals surface area (Å²) in [6.45, 7) is 2.56. The molecule has 0 aliphatic carbocycles. The molecule has 4 heteroatoms. The van der Waals surface area contributed by atoms with E-state index in [1.807, 2.05) is 37.3 Å². The number of hydrogen-bond donors (Lipinski definition) is 1. The molecule has 0 unspecified atom stereocenters. The third-order valence-corrected chi connectivity index (χ3v) is 3.04. The number of hydrogen-bond acceptors (Lipinski definition) is 2. The van der Waals surface area contributed by atoms with E-state index in [0.717, 1.165) is 17.9 Å². The van der Waals surface area contributed by atoms with Crippen molar-refractivity contribution in [1.29, 1.82) is 0 Å². The summed E-state index contributed by atoms with van der Waals surface area (Å²) in [4.78, 5) is 0. The van der Waals surface area contributed by atoms with Gasteiger partial charge in [-0.05, 0) is 37.1 Å². The number of ether oxygens (including phenoxy) is 1. The van der Waals surface area contributed by atoms with E-state index in [2.05, 4.69) is 12.6 Å². The second-order valence-corrected chi connectivity index (χ2v) is 5.19. The first-order valence-electron chi connectivity index (χ1n) is 5.61. The molecule has 1 aromatic carbocycles. The lowest BCUT2D eigenvalue weighted by Crippen LogP contribution is -1.94. The van der Waals surface area contributed by atoms with Gasteiger partial charge in [-0.1, -0.05) is 47.0 Å². The van der Waals surface area contributed by atoms with Crippen LogP contribution in [0.1, 0.15) is 18.9 Å². The molecule has 0 N–H and O–H groups in total. The molecule has 0 bridgehead atoms. The molecule has 98 valence electrons. The number of halogens is 2. The van der Waals surface area contributed by atoms with Crippen LogP contribution in [0.3, 0.4) is 0 Å². The van der Waals surface area contributed by atoms with Crippen LogP contribution in [-0.2, 0) is 5.75 Å². The van der Waals surface area contributed by atoms with Gasteiger partial charge in [0, 0.05) is 5.75 Å². The zero-order valence-electron chi connectivity index (χ0n) is 10.2. The zero-order valence-corrected chi connectivity index (χ0v) is 12.6. The van der Waals surface area contributed by atoms with Crippen molar-refractivity contribution in [3.05, 3.63) is 52.0 Å². The molecule has 1 rings (SSSR count). The van der Waals surface area contributed by atoms with E-state index in [4.69, 9.17) is 27.9 Å². The van der Waals surface area contributed by atoms with Gasteiger partial charge < -0.3 is 4.74 Å². The fraction of sp³-hybridized carbons (Fsp3) is 0.286. The van der Waals surface area contributed by atoms with Gasteiger partial charge in [0.2, 0.25) is 0 Å². The summed E-state index contributed by atoms with van der Waals surface area (Å²) in [6, 6.07) is 7.92. The minimum absolute atomic E-state index is 0.297. The van der Waals surface area contributed by atoms with Crippen LogP contribution in [-0.4, -0.2) is 6.61 Å². The number of thiol groups is 1. The standard InChI is InChI=1S/C14H16Cl2OS/c1-11(2-7-14(15)16)8-9-17-13-5-3-12(10-18)4-6-13/h3-8,18H,2,9-10H2,1H3. The third-order valence-electron chi connectivity index (χ3n) is 2.37. The number of benzene rings is 1. The molecule has 0 aliphatic rings. The van der Waals surface area contributed by atoms with Gasteiger partial charge >= 0.3 is 0 Å². The normalized spacial score (nSPS) is 11.2. The lowest BCUT2D eigenvalue weighted by molar-refractivity contribution is 0.362. The Labute approximate surface area is 124 Å². The van der Waals surface area contributed by atoms with Gasteiger partial charge in [0.15, 0.2) is 0 Å². The molecule has 0 spiro atoms. The average Bonchev–Trinajstić information content (AvgIpc) is 2.37. The SMILES string of the molecule is CC(=CCOc1ccc(CS)cc1)CC=C(Cl)Cl. The average molecular weight is 303 g/mol. The molecular weight excluding hydrogens is 287 g/mol. The monoisotopic (exact) mass is 302 g/mol. The topological polar surface area (TPSA) is 9.23 Å². The van der Waals surface area contributed by atoms with Gasteiger partial charge in [0.05, 0.1) is 0 Å². The number of allylic oxidation sites excluding steroid dienone is 2. The van der Waals surface area contributed by atoms with Crippen molar-refractivity contribution in [2.24, 2.45) is 0 Å². The van der Waals surface area contributed by atoms with Crippen molar-refractivity contribution in [3.8, 4) is 5.75 Å². The summed E-state index contributed by atoms with van der Waals surface area (Å²) >= 11 is 15.3. The molecule has 0 atom stereocenters. The van der Waals surface area contributed by atoms with Crippen LogP contribution >= 0.6 is 35.8 Å². The second-order valence-electron chi connectivity index (χ2n) is 3.86. The summed E-state index contributed by atoms with van der Waals surface area (Å²) < 4.78 is 5.89. The highest BCUT2D eigenvalue weighted by atomic mass is 35.5. The van der Waals surface area contributed by atoms with Crippen LogP contribution in [0.4, 0.5) is 0 Å². The Hall–Kier alpha value is -0.570. The minimum atomic E-state index is 0.297. The van der Waals surface area contributed by atoms with E-state index >= 15 is 0 Å². The first-order chi connectivity index (χ1) is 8.61. The fourth-order valence-corrected chi connectivity index (χ4v) is 1.66. The molecule has 0 saturated carbocycles. The molecular formula is C14H16Cl2OS. The smallest absolute Gasteiger partial charge is 0.119 e. The van der Waals surface area contributed by atoms with Crippen LogP contribution in [0.2, 0.25) is 0 Å².